The van der Waals surface area contributed by atoms with Gasteiger partial charge in [-0.15, -0.1) is 0 Å². The largest absolute Gasteiger partial charge is 0.335 e. The van der Waals surface area contributed by atoms with Crippen LogP contribution < -0.4 is 0 Å². The van der Waals surface area contributed by atoms with Crippen molar-refractivity contribution in [3.63, 3.8) is 0 Å². The zero-order valence-corrected chi connectivity index (χ0v) is 16.7. The summed E-state index contributed by atoms with van der Waals surface area (Å²) >= 11 is 1.98. The van der Waals surface area contributed by atoms with E-state index in [0.717, 1.165) is 38.0 Å². The Labute approximate surface area is 158 Å². The van der Waals surface area contributed by atoms with E-state index in [0.29, 0.717) is 18.4 Å². The van der Waals surface area contributed by atoms with Crippen LogP contribution in [0.15, 0.2) is 36.4 Å². The number of allylic oxidation sites excluding steroid dienone is 1. The molecule has 2 nitrogen and oxygen atoms in total. The normalized spacial score (nSPS) is 17.8. The Hall–Kier alpha value is -1.22. The first kappa shape index (κ1) is 20.1. The molecule has 1 heterocycles. The molecule has 0 aromatic heterocycles. The van der Waals surface area contributed by atoms with Gasteiger partial charge in [0.1, 0.15) is 0 Å². The Morgan fingerprint density at radius 1 is 1.24 bits per heavy atom. The molecule has 138 valence electrons. The van der Waals surface area contributed by atoms with Gasteiger partial charge >= 0.3 is 0 Å². The van der Waals surface area contributed by atoms with Crippen LogP contribution in [0.1, 0.15) is 57.1 Å². The van der Waals surface area contributed by atoms with Crippen molar-refractivity contribution in [3.8, 4) is 0 Å². The number of unbranched alkanes of at least 4 members (excludes halogenated alkanes) is 1. The van der Waals surface area contributed by atoms with Crippen molar-refractivity contribution in [3.05, 3.63) is 47.5 Å². The summed E-state index contributed by atoms with van der Waals surface area (Å²) in [7, 11) is 0. The van der Waals surface area contributed by atoms with Gasteiger partial charge < -0.3 is 4.90 Å². The minimum atomic E-state index is 0.321. The summed E-state index contributed by atoms with van der Waals surface area (Å²) in [5.74, 6) is 2.62. The number of rotatable bonds is 11. The second-order valence-corrected chi connectivity index (χ2v) is 8.02. The van der Waals surface area contributed by atoms with Gasteiger partial charge in [-0.3, -0.25) is 4.79 Å². The first-order valence-corrected chi connectivity index (χ1v) is 11.0. The third-order valence-corrected chi connectivity index (χ3v) is 5.90. The fraction of sp³-hybridized carbons (Fsp3) is 0.591. The average molecular weight is 360 g/mol. The average Bonchev–Trinajstić information content (AvgIpc) is 2.99. The molecule has 1 unspecified atom stereocenters. The second kappa shape index (κ2) is 11.4. The minimum Gasteiger partial charge on any atom is -0.335 e. The van der Waals surface area contributed by atoms with Gasteiger partial charge in [0.2, 0.25) is 5.91 Å². The molecule has 0 spiro atoms. The van der Waals surface area contributed by atoms with E-state index < -0.39 is 0 Å². The third kappa shape index (κ3) is 6.89. The summed E-state index contributed by atoms with van der Waals surface area (Å²) < 4.78 is 0. The summed E-state index contributed by atoms with van der Waals surface area (Å²) in [5.41, 5.74) is 2.82. The van der Waals surface area contributed by atoms with Crippen LogP contribution in [0.2, 0.25) is 0 Å². The van der Waals surface area contributed by atoms with E-state index in [1.165, 1.54) is 29.7 Å². The summed E-state index contributed by atoms with van der Waals surface area (Å²) in [6, 6.07) is 9.20. The van der Waals surface area contributed by atoms with Crippen LogP contribution in [-0.2, 0) is 17.6 Å². The molecular weight excluding hydrogens is 326 g/mol. The molecule has 1 fully saturated rings. The Kier molecular flexibility index (Phi) is 9.17. The maximum atomic E-state index is 12.1. The standard InChI is InChI=1S/C22H33NOS/c1-3-5-16-25-17-15-23-21(13-14-22(23)24)12-7-6-9-20-11-8-10-19(4-2)18-20/h7-8,10-12,18,21H,3-6,9,13-17H2,1-2H3/b12-7+. The highest BCUT2D eigenvalue weighted by Crippen LogP contribution is 2.21. The van der Waals surface area contributed by atoms with Gasteiger partial charge in [0.15, 0.2) is 0 Å². The lowest BCUT2D eigenvalue weighted by atomic mass is 10.0. The highest BCUT2D eigenvalue weighted by Gasteiger charge is 2.28. The van der Waals surface area contributed by atoms with Gasteiger partial charge in [-0.1, -0.05) is 56.7 Å². The van der Waals surface area contributed by atoms with Crippen molar-refractivity contribution in [1.82, 2.24) is 4.90 Å². The quantitative estimate of drug-likeness (QED) is 0.397. The van der Waals surface area contributed by atoms with Crippen molar-refractivity contribution < 1.29 is 4.79 Å². The first-order valence-electron chi connectivity index (χ1n) is 9.86. The van der Waals surface area contributed by atoms with Crippen LogP contribution in [0.25, 0.3) is 0 Å². The van der Waals surface area contributed by atoms with Crippen molar-refractivity contribution >= 4 is 17.7 Å². The minimum absolute atomic E-state index is 0.321. The fourth-order valence-electron chi connectivity index (χ4n) is 3.27. The smallest absolute Gasteiger partial charge is 0.223 e. The number of carbonyl (C=O) groups is 1. The van der Waals surface area contributed by atoms with Gasteiger partial charge in [-0.05, 0) is 49.0 Å². The molecule has 0 aliphatic carbocycles. The number of hydrogen-bond donors (Lipinski definition) is 0. The topological polar surface area (TPSA) is 20.3 Å². The number of amides is 1. The van der Waals surface area contributed by atoms with Crippen LogP contribution >= 0.6 is 11.8 Å². The molecule has 1 atom stereocenters. The Bertz CT molecular complexity index is 555. The molecule has 1 aliphatic rings. The predicted octanol–water partition coefficient (Wildman–Crippen LogP) is 5.26. The van der Waals surface area contributed by atoms with Crippen LogP contribution in [0.3, 0.4) is 0 Å². The number of aryl methyl sites for hydroxylation is 2. The summed E-state index contributed by atoms with van der Waals surface area (Å²) in [6.45, 7) is 5.33. The van der Waals surface area contributed by atoms with Gasteiger partial charge in [-0.2, -0.15) is 11.8 Å². The lowest BCUT2D eigenvalue weighted by Crippen LogP contribution is -2.33. The van der Waals surface area contributed by atoms with Crippen LogP contribution in [-0.4, -0.2) is 34.9 Å². The molecule has 1 amide bonds. The maximum Gasteiger partial charge on any atom is 0.223 e. The maximum absolute atomic E-state index is 12.1. The molecule has 1 aromatic rings. The lowest BCUT2D eigenvalue weighted by molar-refractivity contribution is -0.128. The number of likely N-dealkylation sites (tertiary alicyclic amines) is 1. The van der Waals surface area contributed by atoms with Crippen LogP contribution in [0, 0.1) is 0 Å². The van der Waals surface area contributed by atoms with Crippen molar-refractivity contribution in [1.29, 1.82) is 0 Å². The summed E-state index contributed by atoms with van der Waals surface area (Å²) in [6.07, 6.45) is 12.0. The summed E-state index contributed by atoms with van der Waals surface area (Å²) in [4.78, 5) is 14.2. The van der Waals surface area contributed by atoms with Gasteiger partial charge in [0.05, 0.1) is 6.04 Å². The summed E-state index contributed by atoms with van der Waals surface area (Å²) in [5, 5.41) is 0. The first-order chi connectivity index (χ1) is 12.2. The second-order valence-electron chi connectivity index (χ2n) is 6.80. The molecular formula is C22H33NOS. The van der Waals surface area contributed by atoms with Crippen molar-refractivity contribution in [2.24, 2.45) is 0 Å². The van der Waals surface area contributed by atoms with Crippen LogP contribution in [0.5, 0.6) is 0 Å². The molecule has 0 saturated carbocycles. The fourth-order valence-corrected chi connectivity index (χ4v) is 4.29. The van der Waals surface area contributed by atoms with E-state index in [1.54, 1.807) is 0 Å². The molecule has 1 aliphatic heterocycles. The van der Waals surface area contributed by atoms with Crippen molar-refractivity contribution in [2.45, 2.75) is 64.8 Å². The SMILES string of the molecule is CCCCSCCN1C(=O)CCC1/C=C/CCc1cccc(CC)c1. The van der Waals surface area contributed by atoms with Crippen LogP contribution in [0.4, 0.5) is 0 Å². The molecule has 1 saturated heterocycles. The van der Waals surface area contributed by atoms with Gasteiger partial charge in [-0.25, -0.2) is 0 Å². The molecule has 0 bridgehead atoms. The van der Waals surface area contributed by atoms with Gasteiger partial charge in [0, 0.05) is 18.7 Å². The Balaban J connectivity index is 1.75. The third-order valence-electron chi connectivity index (χ3n) is 4.85. The Morgan fingerprint density at radius 2 is 2.08 bits per heavy atom. The zero-order chi connectivity index (χ0) is 17.9. The van der Waals surface area contributed by atoms with E-state index in [1.807, 2.05) is 11.8 Å². The van der Waals surface area contributed by atoms with Crippen molar-refractivity contribution in [2.75, 3.05) is 18.1 Å². The predicted molar refractivity (Wildman–Crippen MR) is 110 cm³/mol. The van der Waals surface area contributed by atoms with E-state index in [9.17, 15) is 4.79 Å². The number of nitrogens with zero attached hydrogens (tertiary/aromatic N) is 1. The Morgan fingerprint density at radius 3 is 2.88 bits per heavy atom. The number of carbonyl (C=O) groups excluding carboxylic acids is 1. The lowest BCUT2D eigenvalue weighted by Gasteiger charge is -2.22. The van der Waals surface area contributed by atoms with E-state index in [2.05, 4.69) is 55.2 Å². The molecule has 0 N–H and O–H groups in total. The molecule has 0 radical (unpaired) electrons. The molecule has 3 heteroatoms. The molecule has 25 heavy (non-hydrogen) atoms. The van der Waals surface area contributed by atoms with E-state index in [-0.39, 0.29) is 0 Å². The molecule has 1 aromatic carbocycles. The monoisotopic (exact) mass is 359 g/mol. The highest BCUT2D eigenvalue weighted by molar-refractivity contribution is 7.99. The highest BCUT2D eigenvalue weighted by atomic mass is 32.2. The van der Waals surface area contributed by atoms with E-state index in [4.69, 9.17) is 0 Å². The molecule has 2 rings (SSSR count). The van der Waals surface area contributed by atoms with Gasteiger partial charge in [0.25, 0.3) is 0 Å². The zero-order valence-electron chi connectivity index (χ0n) is 15.9. The number of hydrogen-bond acceptors (Lipinski definition) is 2. The number of thioether (sulfide) groups is 1. The number of benzene rings is 1. The van der Waals surface area contributed by atoms with E-state index >= 15 is 0 Å².